The first kappa shape index (κ1) is 9.00. The van der Waals surface area contributed by atoms with Crippen LogP contribution in [0, 0.1) is 0 Å². The molecule has 1 aromatic heterocycles. The van der Waals surface area contributed by atoms with Gasteiger partial charge in [0.2, 0.25) is 0 Å². The quantitative estimate of drug-likeness (QED) is 0.704. The van der Waals surface area contributed by atoms with Crippen molar-refractivity contribution < 1.29 is 0 Å². The van der Waals surface area contributed by atoms with E-state index < -0.39 is 0 Å². The molecule has 0 atom stereocenters. The van der Waals surface area contributed by atoms with E-state index in [1.165, 1.54) is 5.52 Å². The van der Waals surface area contributed by atoms with Crippen LogP contribution in [0.15, 0.2) is 30.3 Å². The molecule has 0 N–H and O–H groups in total. The van der Waals surface area contributed by atoms with Gasteiger partial charge >= 0.3 is 0 Å². The Balaban J connectivity index is 2.72. The molecule has 0 saturated heterocycles. The lowest BCUT2D eigenvalue weighted by Crippen LogP contribution is -1.96. The molecule has 0 saturated carbocycles. The molecule has 0 spiro atoms. The van der Waals surface area contributed by atoms with Crippen molar-refractivity contribution in [2.75, 3.05) is 0 Å². The molecule has 72 valence electrons. The van der Waals surface area contributed by atoms with Crippen molar-refractivity contribution in [3.63, 3.8) is 0 Å². The van der Waals surface area contributed by atoms with Gasteiger partial charge in [-0.2, -0.15) is 0 Å². The van der Waals surface area contributed by atoms with Crippen molar-refractivity contribution in [1.29, 1.82) is 0 Å². The number of hydrogen-bond donors (Lipinski definition) is 0. The number of benzene rings is 1. The zero-order valence-corrected chi connectivity index (χ0v) is 8.57. The Labute approximate surface area is 83.9 Å². The SMILES string of the molecule is CC=Cc1nc2ccccc2n1CC. The van der Waals surface area contributed by atoms with Crippen molar-refractivity contribution in [2.45, 2.75) is 20.4 Å². The van der Waals surface area contributed by atoms with E-state index in [1.807, 2.05) is 25.1 Å². The van der Waals surface area contributed by atoms with Crippen molar-refractivity contribution >= 4 is 17.1 Å². The molecular weight excluding hydrogens is 172 g/mol. The van der Waals surface area contributed by atoms with Crippen LogP contribution in [-0.4, -0.2) is 9.55 Å². The molecule has 0 unspecified atom stereocenters. The Kier molecular flexibility index (Phi) is 2.35. The summed E-state index contributed by atoms with van der Waals surface area (Å²) in [5, 5.41) is 0. The van der Waals surface area contributed by atoms with Crippen LogP contribution in [0.3, 0.4) is 0 Å². The molecule has 2 nitrogen and oxygen atoms in total. The second-order valence-corrected chi connectivity index (χ2v) is 3.20. The van der Waals surface area contributed by atoms with E-state index in [2.05, 4.69) is 34.7 Å². The highest BCUT2D eigenvalue weighted by Gasteiger charge is 2.04. The molecule has 2 rings (SSSR count). The van der Waals surface area contributed by atoms with Crippen molar-refractivity contribution in [3.8, 4) is 0 Å². The van der Waals surface area contributed by atoms with Crippen LogP contribution in [0.4, 0.5) is 0 Å². The third-order valence-corrected chi connectivity index (χ3v) is 2.32. The van der Waals surface area contributed by atoms with Crippen LogP contribution in [-0.2, 0) is 6.54 Å². The monoisotopic (exact) mass is 186 g/mol. The van der Waals surface area contributed by atoms with Gasteiger partial charge in [0.15, 0.2) is 0 Å². The third kappa shape index (κ3) is 1.33. The number of allylic oxidation sites excluding steroid dienone is 1. The summed E-state index contributed by atoms with van der Waals surface area (Å²) in [7, 11) is 0. The lowest BCUT2D eigenvalue weighted by molar-refractivity contribution is 0.777. The lowest BCUT2D eigenvalue weighted by Gasteiger charge is -2.01. The van der Waals surface area contributed by atoms with Crippen LogP contribution in [0.2, 0.25) is 0 Å². The highest BCUT2D eigenvalue weighted by molar-refractivity contribution is 5.77. The number of aryl methyl sites for hydroxylation is 1. The van der Waals surface area contributed by atoms with Crippen LogP contribution in [0.25, 0.3) is 17.1 Å². The van der Waals surface area contributed by atoms with Gasteiger partial charge in [0.25, 0.3) is 0 Å². The number of imidazole rings is 1. The summed E-state index contributed by atoms with van der Waals surface area (Å²) in [4.78, 5) is 4.55. The highest BCUT2D eigenvalue weighted by atomic mass is 15.1. The normalized spacial score (nSPS) is 11.6. The van der Waals surface area contributed by atoms with Gasteiger partial charge in [-0.05, 0) is 32.1 Å². The second-order valence-electron chi connectivity index (χ2n) is 3.20. The minimum Gasteiger partial charge on any atom is -0.325 e. The summed E-state index contributed by atoms with van der Waals surface area (Å²) in [6.45, 7) is 5.11. The number of rotatable bonds is 2. The topological polar surface area (TPSA) is 17.8 Å². The Morgan fingerprint density at radius 1 is 1.36 bits per heavy atom. The van der Waals surface area contributed by atoms with Crippen LogP contribution in [0.5, 0.6) is 0 Å². The minimum atomic E-state index is 0.959. The number of hydrogen-bond acceptors (Lipinski definition) is 1. The third-order valence-electron chi connectivity index (χ3n) is 2.32. The van der Waals surface area contributed by atoms with E-state index in [-0.39, 0.29) is 0 Å². The molecule has 2 heteroatoms. The average Bonchev–Trinajstić information content (AvgIpc) is 2.55. The highest BCUT2D eigenvalue weighted by Crippen LogP contribution is 2.16. The summed E-state index contributed by atoms with van der Waals surface area (Å²) in [5.41, 5.74) is 2.28. The predicted octanol–water partition coefficient (Wildman–Crippen LogP) is 3.09. The molecule has 0 aliphatic heterocycles. The van der Waals surface area contributed by atoms with E-state index in [0.29, 0.717) is 0 Å². The Morgan fingerprint density at radius 3 is 2.86 bits per heavy atom. The molecule has 2 aromatic rings. The van der Waals surface area contributed by atoms with Gasteiger partial charge in [-0.15, -0.1) is 0 Å². The van der Waals surface area contributed by atoms with Gasteiger partial charge in [0, 0.05) is 6.54 Å². The molecule has 0 aliphatic carbocycles. The van der Waals surface area contributed by atoms with E-state index >= 15 is 0 Å². The Morgan fingerprint density at radius 2 is 2.14 bits per heavy atom. The lowest BCUT2D eigenvalue weighted by atomic mass is 10.3. The molecule has 1 aromatic carbocycles. The first-order chi connectivity index (χ1) is 6.86. The Hall–Kier alpha value is -1.57. The van der Waals surface area contributed by atoms with Gasteiger partial charge < -0.3 is 4.57 Å². The van der Waals surface area contributed by atoms with Gasteiger partial charge in [0.05, 0.1) is 11.0 Å². The molecule has 0 aliphatic rings. The molecule has 1 heterocycles. The molecule has 0 bridgehead atoms. The average molecular weight is 186 g/mol. The van der Waals surface area contributed by atoms with Crippen molar-refractivity contribution in [2.24, 2.45) is 0 Å². The van der Waals surface area contributed by atoms with Crippen molar-refractivity contribution in [1.82, 2.24) is 9.55 Å². The van der Waals surface area contributed by atoms with E-state index in [0.717, 1.165) is 17.9 Å². The maximum atomic E-state index is 4.55. The zero-order chi connectivity index (χ0) is 9.97. The molecule has 14 heavy (non-hydrogen) atoms. The van der Waals surface area contributed by atoms with Gasteiger partial charge in [-0.3, -0.25) is 0 Å². The summed E-state index contributed by atoms with van der Waals surface area (Å²) in [5.74, 6) is 1.04. The van der Waals surface area contributed by atoms with Crippen LogP contribution < -0.4 is 0 Å². The fourth-order valence-electron chi connectivity index (χ4n) is 1.70. The van der Waals surface area contributed by atoms with Crippen molar-refractivity contribution in [3.05, 3.63) is 36.2 Å². The predicted molar refractivity (Wildman–Crippen MR) is 60.1 cm³/mol. The fourth-order valence-corrected chi connectivity index (χ4v) is 1.70. The minimum absolute atomic E-state index is 0.959. The summed E-state index contributed by atoms with van der Waals surface area (Å²) < 4.78 is 2.22. The van der Waals surface area contributed by atoms with E-state index in [9.17, 15) is 0 Å². The molecular formula is C12H14N2. The van der Waals surface area contributed by atoms with Gasteiger partial charge in [-0.25, -0.2) is 4.98 Å². The summed E-state index contributed by atoms with van der Waals surface area (Å²) in [6, 6.07) is 8.23. The van der Waals surface area contributed by atoms with Crippen LogP contribution in [0.1, 0.15) is 19.7 Å². The first-order valence-electron chi connectivity index (χ1n) is 4.94. The van der Waals surface area contributed by atoms with E-state index in [1.54, 1.807) is 0 Å². The molecule has 0 fully saturated rings. The standard InChI is InChI=1S/C12H14N2/c1-3-7-12-13-10-8-5-6-9-11(10)14(12)4-2/h3,5-9H,4H2,1-2H3. The largest absolute Gasteiger partial charge is 0.325 e. The Bertz CT molecular complexity index is 466. The van der Waals surface area contributed by atoms with Crippen LogP contribution >= 0.6 is 0 Å². The first-order valence-corrected chi connectivity index (χ1v) is 4.94. The summed E-state index contributed by atoms with van der Waals surface area (Å²) >= 11 is 0. The number of nitrogens with zero attached hydrogens (tertiary/aromatic N) is 2. The number of fused-ring (bicyclic) bond motifs is 1. The molecule has 0 radical (unpaired) electrons. The fraction of sp³-hybridized carbons (Fsp3) is 0.250. The molecule has 0 amide bonds. The number of aromatic nitrogens is 2. The maximum absolute atomic E-state index is 4.55. The smallest absolute Gasteiger partial charge is 0.133 e. The number of para-hydroxylation sites is 2. The summed E-state index contributed by atoms with van der Waals surface area (Å²) in [6.07, 6.45) is 4.07. The van der Waals surface area contributed by atoms with Gasteiger partial charge in [0.1, 0.15) is 5.82 Å². The zero-order valence-electron chi connectivity index (χ0n) is 8.57. The second kappa shape index (κ2) is 3.66. The van der Waals surface area contributed by atoms with Gasteiger partial charge in [-0.1, -0.05) is 18.2 Å². The maximum Gasteiger partial charge on any atom is 0.133 e. The van der Waals surface area contributed by atoms with E-state index in [4.69, 9.17) is 0 Å².